The standard InChI is InChI=1S/C22H23FN4O2S/c23-15-5-7-16(8-6-15)25-9-11-26(12-10-25)19(28)13-27-14-24-21-20(22(27)29)17-3-1-2-4-18(17)30-21/h5-8,14H,1-4,9-13H2. The zero-order valence-electron chi connectivity index (χ0n) is 16.6. The maximum atomic E-state index is 13.1. The molecule has 3 heterocycles. The molecule has 1 fully saturated rings. The molecule has 5 rings (SSSR count). The van der Waals surface area contributed by atoms with Crippen LogP contribution in [0.15, 0.2) is 35.4 Å². The number of piperazine rings is 1. The molecule has 3 aromatic rings. The third-order valence-corrected chi connectivity index (χ3v) is 7.27. The number of nitrogens with zero attached hydrogens (tertiary/aromatic N) is 4. The van der Waals surface area contributed by atoms with Gasteiger partial charge in [0.25, 0.3) is 5.56 Å². The van der Waals surface area contributed by atoms with Crippen molar-refractivity contribution >= 4 is 33.1 Å². The molecule has 1 aliphatic heterocycles. The summed E-state index contributed by atoms with van der Waals surface area (Å²) in [6.07, 6.45) is 5.72. The summed E-state index contributed by atoms with van der Waals surface area (Å²) in [5.41, 5.74) is 2.00. The fourth-order valence-corrected chi connectivity index (χ4v) is 5.62. The second kappa shape index (κ2) is 7.83. The van der Waals surface area contributed by atoms with Crippen molar-refractivity contribution in [3.8, 4) is 0 Å². The maximum absolute atomic E-state index is 13.1. The van der Waals surface area contributed by atoms with Gasteiger partial charge in [-0.1, -0.05) is 0 Å². The Kier molecular flexibility index (Phi) is 5.02. The van der Waals surface area contributed by atoms with E-state index in [0.717, 1.165) is 41.8 Å². The van der Waals surface area contributed by atoms with E-state index in [4.69, 9.17) is 0 Å². The second-order valence-corrected chi connectivity index (χ2v) is 9.00. The summed E-state index contributed by atoms with van der Waals surface area (Å²) < 4.78 is 14.6. The average molecular weight is 427 g/mol. The summed E-state index contributed by atoms with van der Waals surface area (Å²) in [6, 6.07) is 6.42. The highest BCUT2D eigenvalue weighted by molar-refractivity contribution is 7.18. The Hall–Kier alpha value is -2.74. The first kappa shape index (κ1) is 19.2. The lowest BCUT2D eigenvalue weighted by atomic mass is 9.97. The predicted octanol–water partition coefficient (Wildman–Crippen LogP) is 2.82. The zero-order valence-corrected chi connectivity index (χ0v) is 17.5. The highest BCUT2D eigenvalue weighted by Crippen LogP contribution is 2.33. The molecular weight excluding hydrogens is 403 g/mol. The minimum atomic E-state index is -0.254. The van der Waals surface area contributed by atoms with Crippen LogP contribution in [-0.2, 0) is 24.2 Å². The maximum Gasteiger partial charge on any atom is 0.262 e. The quantitative estimate of drug-likeness (QED) is 0.646. The van der Waals surface area contributed by atoms with Crippen molar-refractivity contribution in [3.63, 3.8) is 0 Å². The molecular formula is C22H23FN4O2S. The van der Waals surface area contributed by atoms with Gasteiger partial charge in [0.1, 0.15) is 17.2 Å². The Morgan fingerprint density at radius 2 is 1.80 bits per heavy atom. The Labute approximate surface area is 177 Å². The average Bonchev–Trinajstić information content (AvgIpc) is 3.16. The first-order valence-electron chi connectivity index (χ1n) is 10.4. The molecule has 1 aliphatic carbocycles. The highest BCUT2D eigenvalue weighted by Gasteiger charge is 2.24. The van der Waals surface area contributed by atoms with E-state index in [0.29, 0.717) is 31.6 Å². The first-order chi connectivity index (χ1) is 14.6. The molecule has 2 aromatic heterocycles. The van der Waals surface area contributed by atoms with Gasteiger partial charge in [0, 0.05) is 36.7 Å². The largest absolute Gasteiger partial charge is 0.368 e. The molecule has 30 heavy (non-hydrogen) atoms. The Morgan fingerprint density at radius 1 is 1.07 bits per heavy atom. The monoisotopic (exact) mass is 426 g/mol. The number of aromatic nitrogens is 2. The number of aryl methyl sites for hydroxylation is 2. The Balaban J connectivity index is 1.29. The van der Waals surface area contributed by atoms with Gasteiger partial charge in [0.05, 0.1) is 11.7 Å². The number of hydrogen-bond donors (Lipinski definition) is 0. The van der Waals surface area contributed by atoms with Gasteiger partial charge < -0.3 is 9.80 Å². The molecule has 0 bridgehead atoms. The van der Waals surface area contributed by atoms with Gasteiger partial charge in [-0.3, -0.25) is 14.2 Å². The lowest BCUT2D eigenvalue weighted by molar-refractivity contribution is -0.132. The van der Waals surface area contributed by atoms with Crippen LogP contribution < -0.4 is 10.5 Å². The van der Waals surface area contributed by atoms with Gasteiger partial charge in [-0.25, -0.2) is 9.37 Å². The van der Waals surface area contributed by atoms with E-state index in [1.807, 2.05) is 0 Å². The van der Waals surface area contributed by atoms with Gasteiger partial charge in [-0.05, 0) is 55.5 Å². The number of thiophene rings is 1. The molecule has 0 atom stereocenters. The summed E-state index contributed by atoms with van der Waals surface area (Å²) in [4.78, 5) is 36.4. The minimum absolute atomic E-state index is 0.0168. The van der Waals surface area contributed by atoms with Crippen LogP contribution in [0.4, 0.5) is 10.1 Å². The van der Waals surface area contributed by atoms with E-state index in [-0.39, 0.29) is 23.8 Å². The summed E-state index contributed by atoms with van der Waals surface area (Å²) in [5.74, 6) is -0.323. The number of hydrogen-bond acceptors (Lipinski definition) is 5. The molecule has 0 radical (unpaired) electrons. The van der Waals surface area contributed by atoms with Crippen LogP contribution in [0.5, 0.6) is 0 Å². The molecule has 8 heteroatoms. The van der Waals surface area contributed by atoms with E-state index in [1.54, 1.807) is 28.4 Å². The Bertz CT molecular complexity index is 1150. The van der Waals surface area contributed by atoms with E-state index in [9.17, 15) is 14.0 Å². The van der Waals surface area contributed by atoms with Crippen LogP contribution in [0.3, 0.4) is 0 Å². The fourth-order valence-electron chi connectivity index (χ4n) is 4.41. The first-order valence-corrected chi connectivity index (χ1v) is 11.2. The predicted molar refractivity (Wildman–Crippen MR) is 116 cm³/mol. The van der Waals surface area contributed by atoms with Crippen molar-refractivity contribution in [2.45, 2.75) is 32.2 Å². The fraction of sp³-hybridized carbons (Fsp3) is 0.409. The number of benzene rings is 1. The van der Waals surface area contributed by atoms with Crippen LogP contribution in [-0.4, -0.2) is 46.5 Å². The molecule has 1 amide bonds. The van der Waals surface area contributed by atoms with Crippen LogP contribution in [0.2, 0.25) is 0 Å². The number of fused-ring (bicyclic) bond motifs is 3. The van der Waals surface area contributed by atoms with Crippen LogP contribution in [0.25, 0.3) is 10.2 Å². The summed E-state index contributed by atoms with van der Waals surface area (Å²) in [7, 11) is 0. The number of rotatable bonds is 3. The van der Waals surface area contributed by atoms with Crippen LogP contribution in [0, 0.1) is 5.82 Å². The molecule has 0 unspecified atom stereocenters. The van der Waals surface area contributed by atoms with Crippen molar-refractivity contribution in [1.29, 1.82) is 0 Å². The zero-order chi connectivity index (χ0) is 20.7. The van der Waals surface area contributed by atoms with Gasteiger partial charge in [0.2, 0.25) is 5.91 Å². The summed E-state index contributed by atoms with van der Waals surface area (Å²) in [6.45, 7) is 2.54. The van der Waals surface area contributed by atoms with E-state index >= 15 is 0 Å². The third kappa shape index (κ3) is 3.49. The molecule has 0 N–H and O–H groups in total. The molecule has 1 aromatic carbocycles. The van der Waals surface area contributed by atoms with Gasteiger partial charge in [-0.15, -0.1) is 11.3 Å². The van der Waals surface area contributed by atoms with Crippen molar-refractivity contribution in [2.75, 3.05) is 31.1 Å². The molecule has 156 valence electrons. The van der Waals surface area contributed by atoms with Gasteiger partial charge in [0.15, 0.2) is 0 Å². The number of carbonyl (C=O) groups excluding carboxylic acids is 1. The second-order valence-electron chi connectivity index (χ2n) is 7.91. The molecule has 6 nitrogen and oxygen atoms in total. The van der Waals surface area contributed by atoms with E-state index < -0.39 is 0 Å². The lowest BCUT2D eigenvalue weighted by Gasteiger charge is -2.36. The highest BCUT2D eigenvalue weighted by atomic mass is 32.1. The van der Waals surface area contributed by atoms with Crippen molar-refractivity contribution in [3.05, 3.63) is 57.2 Å². The molecule has 0 saturated carbocycles. The SMILES string of the molecule is O=C(Cn1cnc2sc3c(c2c1=O)CCCC3)N1CCN(c2ccc(F)cc2)CC1. The van der Waals surface area contributed by atoms with E-state index in [1.165, 1.54) is 27.9 Å². The number of anilines is 1. The minimum Gasteiger partial charge on any atom is -0.368 e. The summed E-state index contributed by atoms with van der Waals surface area (Å²) >= 11 is 1.62. The van der Waals surface area contributed by atoms with Crippen molar-refractivity contribution in [2.24, 2.45) is 0 Å². The lowest BCUT2D eigenvalue weighted by Crippen LogP contribution is -2.50. The van der Waals surface area contributed by atoms with Gasteiger partial charge in [-0.2, -0.15) is 0 Å². The molecule has 0 spiro atoms. The smallest absolute Gasteiger partial charge is 0.262 e. The summed E-state index contributed by atoms with van der Waals surface area (Å²) in [5, 5.41) is 0.714. The van der Waals surface area contributed by atoms with Crippen molar-refractivity contribution in [1.82, 2.24) is 14.5 Å². The van der Waals surface area contributed by atoms with Crippen LogP contribution >= 0.6 is 11.3 Å². The molecule has 1 saturated heterocycles. The number of amides is 1. The number of halogens is 1. The van der Waals surface area contributed by atoms with E-state index in [2.05, 4.69) is 9.88 Å². The molecule has 2 aliphatic rings. The Morgan fingerprint density at radius 3 is 2.57 bits per heavy atom. The number of carbonyl (C=O) groups is 1. The topological polar surface area (TPSA) is 58.4 Å². The van der Waals surface area contributed by atoms with Crippen LogP contribution in [0.1, 0.15) is 23.3 Å². The van der Waals surface area contributed by atoms with Crippen molar-refractivity contribution < 1.29 is 9.18 Å². The normalized spacial score (nSPS) is 16.7. The van der Waals surface area contributed by atoms with Gasteiger partial charge >= 0.3 is 0 Å². The third-order valence-electron chi connectivity index (χ3n) is 6.07.